The second-order valence-corrected chi connectivity index (χ2v) is 7.03. The van der Waals surface area contributed by atoms with Crippen LogP contribution in [0, 0.1) is 3.57 Å². The van der Waals surface area contributed by atoms with Crippen LogP contribution in [0.3, 0.4) is 0 Å². The number of thiophene rings is 1. The Morgan fingerprint density at radius 3 is 2.79 bits per heavy atom. The Morgan fingerprint density at radius 2 is 2.21 bits per heavy atom. The normalized spacial score (nSPS) is 10.7. The van der Waals surface area contributed by atoms with Gasteiger partial charge < -0.3 is 10.8 Å². The van der Waals surface area contributed by atoms with E-state index in [-0.39, 0.29) is 4.88 Å². The Balaban J connectivity index is 2.71. The Hall–Kier alpha value is -0.600. The zero-order valence-corrected chi connectivity index (χ0v) is 14.6. The van der Waals surface area contributed by atoms with Crippen LogP contribution < -0.4 is 5.73 Å². The molecule has 0 saturated heterocycles. The predicted molar refractivity (Wildman–Crippen MR) is 90.9 cm³/mol. The van der Waals surface area contributed by atoms with E-state index in [0.717, 1.165) is 24.0 Å². The highest BCUT2D eigenvalue weighted by Crippen LogP contribution is 2.41. The quantitative estimate of drug-likeness (QED) is 0.669. The third-order valence-corrected chi connectivity index (χ3v) is 5.47. The third-order valence-electron chi connectivity index (χ3n) is 2.77. The molecule has 6 heteroatoms. The van der Waals surface area contributed by atoms with Crippen molar-refractivity contribution in [1.29, 1.82) is 0 Å². The highest BCUT2D eigenvalue weighted by atomic mass is 127. The number of benzene rings is 1. The predicted octanol–water partition coefficient (Wildman–Crippen LogP) is 4.63. The molecule has 2 rings (SSSR count). The lowest BCUT2D eigenvalue weighted by Gasteiger charge is -2.06. The average molecular weight is 452 g/mol. The van der Waals surface area contributed by atoms with Crippen LogP contribution >= 0.6 is 49.9 Å². The van der Waals surface area contributed by atoms with Gasteiger partial charge in [-0.05, 0) is 52.8 Å². The molecule has 3 N–H and O–H groups in total. The summed E-state index contributed by atoms with van der Waals surface area (Å²) in [6, 6.07) is 5.96. The number of carbonyl (C=O) groups is 1. The molecule has 0 radical (unpaired) electrons. The van der Waals surface area contributed by atoms with E-state index in [9.17, 15) is 9.90 Å². The molecule has 1 aromatic heterocycles. The Labute approximate surface area is 137 Å². The van der Waals surface area contributed by atoms with Crippen LogP contribution in [-0.2, 0) is 6.42 Å². The molecule has 19 heavy (non-hydrogen) atoms. The van der Waals surface area contributed by atoms with Crippen LogP contribution in [0.1, 0.15) is 22.2 Å². The van der Waals surface area contributed by atoms with Gasteiger partial charge in [0.05, 0.1) is 5.69 Å². The van der Waals surface area contributed by atoms with Gasteiger partial charge in [-0.2, -0.15) is 0 Å². The van der Waals surface area contributed by atoms with Crippen molar-refractivity contribution >= 4 is 61.5 Å². The Kier molecular flexibility index (Phi) is 4.52. The smallest absolute Gasteiger partial charge is 0.348 e. The summed E-state index contributed by atoms with van der Waals surface area (Å²) in [4.78, 5) is 12.4. The van der Waals surface area contributed by atoms with Crippen molar-refractivity contribution in [3.05, 3.63) is 36.7 Å². The highest BCUT2D eigenvalue weighted by molar-refractivity contribution is 14.1. The fourth-order valence-corrected chi connectivity index (χ4v) is 4.21. The number of halogens is 2. The van der Waals surface area contributed by atoms with Crippen molar-refractivity contribution in [2.45, 2.75) is 13.3 Å². The minimum absolute atomic E-state index is 0.225. The van der Waals surface area contributed by atoms with Crippen molar-refractivity contribution in [1.82, 2.24) is 0 Å². The minimum Gasteiger partial charge on any atom is -0.477 e. The van der Waals surface area contributed by atoms with E-state index in [0.29, 0.717) is 12.1 Å². The highest BCUT2D eigenvalue weighted by Gasteiger charge is 2.21. The lowest BCUT2D eigenvalue weighted by molar-refractivity contribution is 0.0703. The van der Waals surface area contributed by atoms with Crippen LogP contribution in [0.4, 0.5) is 5.69 Å². The van der Waals surface area contributed by atoms with Crippen molar-refractivity contribution in [2.75, 3.05) is 5.73 Å². The molecule has 0 fully saturated rings. The van der Waals surface area contributed by atoms with Gasteiger partial charge >= 0.3 is 5.97 Å². The second kappa shape index (κ2) is 5.80. The van der Waals surface area contributed by atoms with Crippen LogP contribution in [0.25, 0.3) is 10.4 Å². The molecule has 0 aliphatic heterocycles. The molecular weight excluding hydrogens is 441 g/mol. The molecule has 1 heterocycles. The van der Waals surface area contributed by atoms with E-state index in [1.165, 1.54) is 11.3 Å². The zero-order valence-electron chi connectivity index (χ0n) is 10.0. The summed E-state index contributed by atoms with van der Waals surface area (Å²) in [6.45, 7) is 1.98. The van der Waals surface area contributed by atoms with E-state index < -0.39 is 5.97 Å². The summed E-state index contributed by atoms with van der Waals surface area (Å²) in [5.74, 6) is -0.964. The molecular formula is C13H11BrINO2S. The monoisotopic (exact) mass is 451 g/mol. The molecule has 0 atom stereocenters. The number of hydrogen-bond donors (Lipinski definition) is 2. The molecule has 0 aliphatic carbocycles. The second-order valence-electron chi connectivity index (χ2n) is 3.94. The third kappa shape index (κ3) is 2.80. The fraction of sp³-hybridized carbons (Fsp3) is 0.154. The van der Waals surface area contributed by atoms with Crippen molar-refractivity contribution in [3.8, 4) is 10.4 Å². The zero-order chi connectivity index (χ0) is 14.2. The van der Waals surface area contributed by atoms with Gasteiger partial charge in [-0.15, -0.1) is 11.3 Å². The molecule has 0 amide bonds. The van der Waals surface area contributed by atoms with Gasteiger partial charge in [0.25, 0.3) is 0 Å². The summed E-state index contributed by atoms with van der Waals surface area (Å²) in [5, 5.41) is 9.19. The Morgan fingerprint density at radius 1 is 1.53 bits per heavy atom. The first kappa shape index (κ1) is 14.8. The molecule has 0 bridgehead atoms. The van der Waals surface area contributed by atoms with Gasteiger partial charge in [0.2, 0.25) is 0 Å². The SMILES string of the molecule is CCc1c(-c2cc(Br)ccc2I)sc(C(=O)O)c1N. The largest absolute Gasteiger partial charge is 0.477 e. The molecule has 0 unspecified atom stereocenters. The standard InChI is InChI=1S/C13H11BrINO2S/c1-2-7-10(16)12(13(17)18)19-11(7)8-5-6(14)3-4-9(8)15/h3-5H,2,16H2,1H3,(H,17,18). The van der Waals surface area contributed by atoms with Crippen molar-refractivity contribution < 1.29 is 9.90 Å². The van der Waals surface area contributed by atoms with E-state index >= 15 is 0 Å². The minimum atomic E-state index is -0.964. The number of nitrogen functional groups attached to an aromatic ring is 1. The van der Waals surface area contributed by atoms with E-state index in [2.05, 4.69) is 38.5 Å². The number of nitrogens with two attached hydrogens (primary N) is 1. The van der Waals surface area contributed by atoms with Crippen LogP contribution in [0.2, 0.25) is 0 Å². The van der Waals surface area contributed by atoms with Crippen LogP contribution in [0.15, 0.2) is 22.7 Å². The van der Waals surface area contributed by atoms with Gasteiger partial charge in [-0.1, -0.05) is 22.9 Å². The molecule has 0 aliphatic rings. The van der Waals surface area contributed by atoms with Gasteiger partial charge in [-0.3, -0.25) is 0 Å². The first-order valence-electron chi connectivity index (χ1n) is 5.55. The van der Waals surface area contributed by atoms with Gasteiger partial charge in [0.1, 0.15) is 4.88 Å². The Bertz CT molecular complexity index is 654. The number of anilines is 1. The van der Waals surface area contributed by atoms with Crippen LogP contribution in [0.5, 0.6) is 0 Å². The van der Waals surface area contributed by atoms with Crippen molar-refractivity contribution in [2.24, 2.45) is 0 Å². The number of aromatic carboxylic acids is 1. The summed E-state index contributed by atoms with van der Waals surface area (Å²) in [7, 11) is 0. The lowest BCUT2D eigenvalue weighted by atomic mass is 10.1. The van der Waals surface area contributed by atoms with Gasteiger partial charge in [0.15, 0.2) is 0 Å². The molecule has 1 aromatic carbocycles. The number of carboxylic acids is 1. The van der Waals surface area contributed by atoms with Gasteiger partial charge in [0, 0.05) is 18.5 Å². The average Bonchev–Trinajstić information content (AvgIpc) is 2.69. The number of carboxylic acid groups (broad SMARTS) is 1. The summed E-state index contributed by atoms with van der Waals surface area (Å²) in [5.41, 5.74) is 8.29. The van der Waals surface area contributed by atoms with E-state index in [4.69, 9.17) is 5.73 Å². The first-order valence-corrected chi connectivity index (χ1v) is 8.24. The van der Waals surface area contributed by atoms with Crippen LogP contribution in [-0.4, -0.2) is 11.1 Å². The molecule has 2 aromatic rings. The van der Waals surface area contributed by atoms with E-state index in [1.807, 2.05) is 25.1 Å². The first-order chi connectivity index (χ1) is 8.95. The topological polar surface area (TPSA) is 63.3 Å². The summed E-state index contributed by atoms with van der Waals surface area (Å²) < 4.78 is 2.04. The van der Waals surface area contributed by atoms with E-state index in [1.54, 1.807) is 0 Å². The molecule has 0 saturated carbocycles. The summed E-state index contributed by atoms with van der Waals surface area (Å²) in [6.07, 6.45) is 0.716. The maximum absolute atomic E-state index is 11.2. The maximum Gasteiger partial charge on any atom is 0.348 e. The van der Waals surface area contributed by atoms with Crippen molar-refractivity contribution in [3.63, 3.8) is 0 Å². The fourth-order valence-electron chi connectivity index (χ4n) is 1.88. The number of rotatable bonds is 3. The van der Waals surface area contributed by atoms with Gasteiger partial charge in [-0.25, -0.2) is 4.79 Å². The maximum atomic E-state index is 11.2. The number of hydrogen-bond acceptors (Lipinski definition) is 3. The molecule has 0 spiro atoms. The molecule has 100 valence electrons. The lowest BCUT2D eigenvalue weighted by Crippen LogP contribution is -1.99. The summed E-state index contributed by atoms with van der Waals surface area (Å²) >= 11 is 6.94. The molecule has 3 nitrogen and oxygen atoms in total.